The molecule has 1 heterocycles. The molecule has 1 aliphatic heterocycles. The van der Waals surface area contributed by atoms with Crippen molar-refractivity contribution in [3.8, 4) is 0 Å². The monoisotopic (exact) mass is 390 g/mol. The van der Waals surface area contributed by atoms with Crippen molar-refractivity contribution in [3.05, 3.63) is 34.1 Å². The predicted molar refractivity (Wildman–Crippen MR) is 79.2 cm³/mol. The molecule has 1 saturated heterocycles. The number of nitrogens with one attached hydrogen (secondary N) is 1. The van der Waals surface area contributed by atoms with Gasteiger partial charge < -0.3 is 5.32 Å². The van der Waals surface area contributed by atoms with E-state index >= 15 is 0 Å². The van der Waals surface area contributed by atoms with Crippen LogP contribution in [0.4, 0.5) is 17.6 Å². The summed E-state index contributed by atoms with van der Waals surface area (Å²) in [6.45, 7) is 2.43. The summed E-state index contributed by atoms with van der Waals surface area (Å²) in [5.41, 5.74) is 0.484. The molecule has 21 heavy (non-hydrogen) atoms. The Balaban J connectivity index is 0.00000220. The lowest BCUT2D eigenvalue weighted by Gasteiger charge is -2.35. The second-order valence-electron chi connectivity index (χ2n) is 4.79. The van der Waals surface area contributed by atoms with Crippen molar-refractivity contribution in [2.75, 3.05) is 26.2 Å². The van der Waals surface area contributed by atoms with E-state index in [1.807, 2.05) is 0 Å². The van der Waals surface area contributed by atoms with Gasteiger partial charge in [-0.05, 0) is 33.6 Å². The highest BCUT2D eigenvalue weighted by molar-refractivity contribution is 9.10. The first-order chi connectivity index (χ1) is 9.37. The van der Waals surface area contributed by atoms with Crippen LogP contribution in [0.3, 0.4) is 0 Å². The quantitative estimate of drug-likeness (QED) is 0.786. The van der Waals surface area contributed by atoms with Gasteiger partial charge in [-0.25, -0.2) is 4.39 Å². The third-order valence-electron chi connectivity index (χ3n) is 3.35. The van der Waals surface area contributed by atoms with Gasteiger partial charge in [0.15, 0.2) is 0 Å². The molecule has 2 nitrogen and oxygen atoms in total. The summed E-state index contributed by atoms with van der Waals surface area (Å²) in [6.07, 6.45) is -5.18. The van der Waals surface area contributed by atoms with Crippen molar-refractivity contribution in [3.63, 3.8) is 0 Å². The molecule has 0 unspecified atom stereocenters. The Morgan fingerprint density at radius 2 is 1.86 bits per heavy atom. The standard InChI is InChI=1S/C13H15BrF4N2.ClH/c14-10-7-9(1-2-11(10)15)12(8-13(16,17)18)20-5-3-19-4-6-20;/h1-2,7,12,19H,3-6,8H2;1H/t12-;/m1./s1. The van der Waals surface area contributed by atoms with E-state index in [0.717, 1.165) is 0 Å². The van der Waals surface area contributed by atoms with Gasteiger partial charge in [-0.2, -0.15) is 13.2 Å². The van der Waals surface area contributed by atoms with Crippen LogP contribution in [0.25, 0.3) is 0 Å². The number of rotatable bonds is 3. The summed E-state index contributed by atoms with van der Waals surface area (Å²) in [5.74, 6) is -0.472. The SMILES string of the molecule is Cl.Fc1ccc([C@@H](CC(F)(F)F)N2CCNCC2)cc1Br. The summed E-state index contributed by atoms with van der Waals surface area (Å²) in [5, 5.41) is 3.11. The van der Waals surface area contributed by atoms with Crippen LogP contribution >= 0.6 is 28.3 Å². The number of hydrogen-bond donors (Lipinski definition) is 1. The maximum atomic E-state index is 13.2. The minimum atomic E-state index is -4.25. The highest BCUT2D eigenvalue weighted by Crippen LogP contribution is 2.35. The van der Waals surface area contributed by atoms with Gasteiger partial charge in [-0.3, -0.25) is 4.90 Å². The van der Waals surface area contributed by atoms with Gasteiger partial charge in [0, 0.05) is 32.2 Å². The van der Waals surface area contributed by atoms with E-state index in [0.29, 0.717) is 31.7 Å². The molecule has 0 bridgehead atoms. The average Bonchev–Trinajstić information content (AvgIpc) is 2.39. The lowest BCUT2D eigenvalue weighted by atomic mass is 10.0. The Kier molecular flexibility index (Phi) is 6.90. The van der Waals surface area contributed by atoms with Crippen molar-refractivity contribution < 1.29 is 17.6 Å². The molecule has 0 aliphatic carbocycles. The Bertz CT molecular complexity index is 464. The number of nitrogens with zero attached hydrogens (tertiary/aromatic N) is 1. The number of benzene rings is 1. The van der Waals surface area contributed by atoms with Gasteiger partial charge in [0.2, 0.25) is 0 Å². The van der Waals surface area contributed by atoms with Crippen LogP contribution in [-0.2, 0) is 0 Å². The fraction of sp³-hybridized carbons (Fsp3) is 0.538. The molecule has 0 amide bonds. The highest BCUT2D eigenvalue weighted by Gasteiger charge is 2.36. The first-order valence-electron chi connectivity index (χ1n) is 6.33. The molecule has 0 saturated carbocycles. The fourth-order valence-electron chi connectivity index (χ4n) is 2.39. The number of piperazine rings is 1. The van der Waals surface area contributed by atoms with E-state index in [-0.39, 0.29) is 16.9 Å². The summed E-state index contributed by atoms with van der Waals surface area (Å²) in [7, 11) is 0. The molecule has 1 aromatic carbocycles. The van der Waals surface area contributed by atoms with Gasteiger partial charge >= 0.3 is 6.18 Å². The van der Waals surface area contributed by atoms with Crippen LogP contribution in [-0.4, -0.2) is 37.3 Å². The maximum absolute atomic E-state index is 13.2. The first kappa shape index (κ1) is 18.7. The smallest absolute Gasteiger partial charge is 0.314 e. The third-order valence-corrected chi connectivity index (χ3v) is 3.95. The van der Waals surface area contributed by atoms with Crippen molar-refractivity contribution in [2.24, 2.45) is 0 Å². The zero-order valence-electron chi connectivity index (χ0n) is 11.1. The zero-order valence-corrected chi connectivity index (χ0v) is 13.5. The second-order valence-corrected chi connectivity index (χ2v) is 5.65. The highest BCUT2D eigenvalue weighted by atomic mass is 79.9. The molecule has 120 valence electrons. The summed E-state index contributed by atoms with van der Waals surface area (Å²) in [6, 6.07) is 3.30. The van der Waals surface area contributed by atoms with Crippen molar-refractivity contribution in [2.45, 2.75) is 18.6 Å². The summed E-state index contributed by atoms with van der Waals surface area (Å²) in [4.78, 5) is 1.80. The molecule has 1 atom stereocenters. The molecule has 1 aromatic rings. The van der Waals surface area contributed by atoms with E-state index in [1.165, 1.54) is 18.2 Å². The molecule has 0 spiro atoms. The minimum Gasteiger partial charge on any atom is -0.314 e. The van der Waals surface area contributed by atoms with Gasteiger partial charge in [0.05, 0.1) is 10.9 Å². The van der Waals surface area contributed by atoms with Crippen molar-refractivity contribution in [1.29, 1.82) is 0 Å². The number of halogens is 6. The van der Waals surface area contributed by atoms with E-state index in [4.69, 9.17) is 0 Å². The number of alkyl halides is 3. The third kappa shape index (κ3) is 5.39. The molecule has 2 rings (SSSR count). The molecular formula is C13H16BrClF4N2. The zero-order chi connectivity index (χ0) is 14.8. The largest absolute Gasteiger partial charge is 0.390 e. The lowest BCUT2D eigenvalue weighted by molar-refractivity contribution is -0.148. The average molecular weight is 392 g/mol. The summed E-state index contributed by atoms with van der Waals surface area (Å²) < 4.78 is 51.8. The van der Waals surface area contributed by atoms with E-state index in [2.05, 4.69) is 21.2 Å². The molecular weight excluding hydrogens is 376 g/mol. The second kappa shape index (κ2) is 7.76. The first-order valence-corrected chi connectivity index (χ1v) is 7.12. The Labute approximate surface area is 135 Å². The van der Waals surface area contributed by atoms with Crippen LogP contribution in [0.1, 0.15) is 18.0 Å². The summed E-state index contributed by atoms with van der Waals surface area (Å²) >= 11 is 3.03. The van der Waals surface area contributed by atoms with Crippen LogP contribution in [0.2, 0.25) is 0 Å². The minimum absolute atomic E-state index is 0. The number of hydrogen-bond acceptors (Lipinski definition) is 2. The maximum Gasteiger partial charge on any atom is 0.390 e. The Hall–Kier alpha value is -0.370. The lowest BCUT2D eigenvalue weighted by Crippen LogP contribution is -2.46. The molecule has 0 aromatic heterocycles. The van der Waals surface area contributed by atoms with Gasteiger partial charge in [-0.15, -0.1) is 12.4 Å². The van der Waals surface area contributed by atoms with Gasteiger partial charge in [0.25, 0.3) is 0 Å². The normalized spacial score (nSPS) is 18.1. The van der Waals surface area contributed by atoms with Gasteiger partial charge in [-0.1, -0.05) is 6.07 Å². The molecule has 1 N–H and O–H groups in total. The van der Waals surface area contributed by atoms with Crippen LogP contribution in [0, 0.1) is 5.82 Å². The van der Waals surface area contributed by atoms with Crippen LogP contribution in [0.5, 0.6) is 0 Å². The molecule has 1 aliphatic rings. The Morgan fingerprint density at radius 3 is 2.38 bits per heavy atom. The van der Waals surface area contributed by atoms with E-state index in [1.54, 1.807) is 4.90 Å². The topological polar surface area (TPSA) is 15.3 Å². The molecule has 8 heteroatoms. The van der Waals surface area contributed by atoms with Gasteiger partial charge in [0.1, 0.15) is 5.82 Å². The predicted octanol–water partition coefficient (Wildman–Crippen LogP) is 3.91. The Morgan fingerprint density at radius 1 is 1.24 bits per heavy atom. The van der Waals surface area contributed by atoms with Crippen LogP contribution in [0.15, 0.2) is 22.7 Å². The molecule has 0 radical (unpaired) electrons. The van der Waals surface area contributed by atoms with Crippen LogP contribution < -0.4 is 5.32 Å². The van der Waals surface area contributed by atoms with E-state index in [9.17, 15) is 17.6 Å². The molecule has 1 fully saturated rings. The van der Waals surface area contributed by atoms with Crippen molar-refractivity contribution >= 4 is 28.3 Å². The van der Waals surface area contributed by atoms with Crippen molar-refractivity contribution in [1.82, 2.24) is 10.2 Å². The van der Waals surface area contributed by atoms with E-state index < -0.39 is 24.5 Å². The fourth-order valence-corrected chi connectivity index (χ4v) is 2.79.